The van der Waals surface area contributed by atoms with E-state index in [0.29, 0.717) is 36.3 Å². The largest absolute Gasteiger partial charge is 0.360 e. The Morgan fingerprint density at radius 1 is 1.32 bits per heavy atom. The molecule has 5 heteroatoms. The van der Waals surface area contributed by atoms with Gasteiger partial charge in [0.15, 0.2) is 5.78 Å². The summed E-state index contributed by atoms with van der Waals surface area (Å²) in [5.41, 5.74) is 1.44. The van der Waals surface area contributed by atoms with Gasteiger partial charge >= 0.3 is 0 Å². The Bertz CT molecular complexity index is 685. The van der Waals surface area contributed by atoms with Gasteiger partial charge < -0.3 is 4.98 Å². The number of carbonyl (C=O) groups is 1. The molecule has 3 rings (SSSR count). The maximum absolute atomic E-state index is 13.1. The molecule has 22 heavy (non-hydrogen) atoms. The molecular formula is C17H18ClF2NO. The van der Waals surface area contributed by atoms with Gasteiger partial charge in [-0.25, -0.2) is 8.78 Å². The highest BCUT2D eigenvalue weighted by atomic mass is 35.5. The summed E-state index contributed by atoms with van der Waals surface area (Å²) in [6.07, 6.45) is 3.66. The summed E-state index contributed by atoms with van der Waals surface area (Å²) in [5, 5.41) is 1.31. The fourth-order valence-corrected chi connectivity index (χ4v) is 3.49. The van der Waals surface area contributed by atoms with E-state index in [0.717, 1.165) is 10.9 Å². The molecule has 0 spiro atoms. The molecule has 1 aromatic heterocycles. The number of ketones is 1. The highest BCUT2D eigenvalue weighted by Crippen LogP contribution is 2.38. The van der Waals surface area contributed by atoms with Gasteiger partial charge in [0.2, 0.25) is 5.92 Å². The number of H-pyrrole nitrogens is 1. The fraction of sp³-hybridized carbons (Fsp3) is 0.471. The van der Waals surface area contributed by atoms with Crippen LogP contribution in [0.4, 0.5) is 8.78 Å². The maximum atomic E-state index is 13.1. The molecule has 1 aliphatic rings. The third kappa shape index (κ3) is 3.17. The first-order chi connectivity index (χ1) is 10.5. The van der Waals surface area contributed by atoms with Gasteiger partial charge in [0.1, 0.15) is 0 Å². The van der Waals surface area contributed by atoms with Gasteiger partial charge in [0.25, 0.3) is 0 Å². The fourth-order valence-electron chi connectivity index (χ4n) is 3.22. The third-order valence-corrected chi connectivity index (χ3v) is 4.89. The monoisotopic (exact) mass is 325 g/mol. The van der Waals surface area contributed by atoms with Crippen molar-refractivity contribution in [3.05, 3.63) is 35.0 Å². The van der Waals surface area contributed by atoms with Crippen molar-refractivity contribution in [2.45, 2.75) is 44.4 Å². The van der Waals surface area contributed by atoms with Gasteiger partial charge in [0, 0.05) is 41.9 Å². The van der Waals surface area contributed by atoms with E-state index in [1.807, 2.05) is 12.1 Å². The maximum Gasteiger partial charge on any atom is 0.248 e. The number of rotatable bonds is 4. The van der Waals surface area contributed by atoms with E-state index in [1.165, 1.54) is 0 Å². The van der Waals surface area contributed by atoms with Gasteiger partial charge in [-0.15, -0.1) is 0 Å². The zero-order valence-corrected chi connectivity index (χ0v) is 12.9. The average Bonchev–Trinajstić information content (AvgIpc) is 2.91. The van der Waals surface area contributed by atoms with Crippen molar-refractivity contribution in [3.8, 4) is 0 Å². The lowest BCUT2D eigenvalue weighted by Crippen LogP contribution is -2.24. The number of nitrogens with one attached hydrogen (secondary N) is 1. The number of fused-ring (bicyclic) bond motifs is 1. The van der Waals surface area contributed by atoms with Gasteiger partial charge in [-0.2, -0.15) is 0 Å². The molecule has 0 aliphatic heterocycles. The minimum Gasteiger partial charge on any atom is -0.360 e. The standard InChI is InChI=1S/C17H18ClF2NO/c18-13-2-1-3-14-16(13)12(10-21-14)15(22)5-4-11-6-8-17(19,20)9-7-11/h1-3,10-11,21H,4-9H2. The van der Waals surface area contributed by atoms with Crippen molar-refractivity contribution in [2.75, 3.05) is 0 Å². The van der Waals surface area contributed by atoms with Crippen molar-refractivity contribution in [1.82, 2.24) is 4.98 Å². The molecule has 0 amide bonds. The normalized spacial score (nSPS) is 18.7. The van der Waals surface area contributed by atoms with Gasteiger partial charge in [-0.1, -0.05) is 17.7 Å². The zero-order chi connectivity index (χ0) is 15.7. The number of aromatic nitrogens is 1. The van der Waals surface area contributed by atoms with Crippen molar-refractivity contribution in [3.63, 3.8) is 0 Å². The smallest absolute Gasteiger partial charge is 0.248 e. The molecule has 2 aromatic rings. The molecule has 0 unspecified atom stereocenters. The molecule has 1 saturated carbocycles. The van der Waals surface area contributed by atoms with Crippen molar-refractivity contribution >= 4 is 28.3 Å². The van der Waals surface area contributed by atoms with E-state index in [1.54, 1.807) is 12.3 Å². The SMILES string of the molecule is O=C(CCC1CCC(F)(F)CC1)c1c[nH]c2cccc(Cl)c12. The Kier molecular flexibility index (Phi) is 4.22. The summed E-state index contributed by atoms with van der Waals surface area (Å²) in [6, 6.07) is 5.47. The topological polar surface area (TPSA) is 32.9 Å². The Hall–Kier alpha value is -1.42. The highest BCUT2D eigenvalue weighted by Gasteiger charge is 2.34. The van der Waals surface area contributed by atoms with Crippen molar-refractivity contribution < 1.29 is 13.6 Å². The van der Waals surface area contributed by atoms with Crippen LogP contribution in [0.3, 0.4) is 0 Å². The van der Waals surface area contributed by atoms with E-state index in [9.17, 15) is 13.6 Å². The number of halogens is 3. The molecule has 1 aliphatic carbocycles. The van der Waals surface area contributed by atoms with Crippen LogP contribution < -0.4 is 0 Å². The molecule has 0 saturated heterocycles. The highest BCUT2D eigenvalue weighted by molar-refractivity contribution is 6.36. The Labute approximate surface area is 132 Å². The number of carbonyl (C=O) groups excluding carboxylic acids is 1. The molecule has 1 heterocycles. The molecule has 118 valence electrons. The first kappa shape index (κ1) is 15.5. The van der Waals surface area contributed by atoms with E-state index in [4.69, 9.17) is 11.6 Å². The van der Waals surface area contributed by atoms with E-state index >= 15 is 0 Å². The van der Waals surface area contributed by atoms with E-state index < -0.39 is 5.92 Å². The number of benzene rings is 1. The van der Waals surface area contributed by atoms with Crippen LogP contribution in [0.15, 0.2) is 24.4 Å². The summed E-state index contributed by atoms with van der Waals surface area (Å²) in [4.78, 5) is 15.5. The lowest BCUT2D eigenvalue weighted by atomic mass is 9.83. The first-order valence-corrected chi connectivity index (χ1v) is 8.01. The molecule has 0 radical (unpaired) electrons. The van der Waals surface area contributed by atoms with Crippen LogP contribution >= 0.6 is 11.6 Å². The van der Waals surface area contributed by atoms with Crippen LogP contribution in [-0.2, 0) is 0 Å². The van der Waals surface area contributed by atoms with Crippen molar-refractivity contribution in [2.24, 2.45) is 5.92 Å². The zero-order valence-electron chi connectivity index (χ0n) is 12.2. The van der Waals surface area contributed by atoms with Crippen LogP contribution in [0, 0.1) is 5.92 Å². The van der Waals surface area contributed by atoms with Gasteiger partial charge in [-0.05, 0) is 37.3 Å². The minimum absolute atomic E-state index is 0.0247. The summed E-state index contributed by atoms with van der Waals surface area (Å²) in [7, 11) is 0. The second-order valence-electron chi connectivity index (χ2n) is 6.13. The first-order valence-electron chi connectivity index (χ1n) is 7.63. The molecule has 1 N–H and O–H groups in total. The van der Waals surface area contributed by atoms with Crippen LogP contribution in [0.5, 0.6) is 0 Å². The molecule has 1 fully saturated rings. The van der Waals surface area contributed by atoms with Gasteiger partial charge in [-0.3, -0.25) is 4.79 Å². The number of hydrogen-bond donors (Lipinski definition) is 1. The summed E-state index contributed by atoms with van der Waals surface area (Å²) < 4.78 is 26.3. The lowest BCUT2D eigenvalue weighted by Gasteiger charge is -2.27. The van der Waals surface area contributed by atoms with E-state index in [2.05, 4.69) is 4.98 Å². The second-order valence-corrected chi connectivity index (χ2v) is 6.53. The molecule has 0 bridgehead atoms. The molecule has 2 nitrogen and oxygen atoms in total. The Morgan fingerprint density at radius 2 is 2.05 bits per heavy atom. The minimum atomic E-state index is -2.51. The van der Waals surface area contributed by atoms with Crippen LogP contribution in [0.1, 0.15) is 48.9 Å². The molecule has 1 aromatic carbocycles. The van der Waals surface area contributed by atoms with Crippen LogP contribution in [0.25, 0.3) is 10.9 Å². The van der Waals surface area contributed by atoms with Gasteiger partial charge in [0.05, 0.1) is 5.02 Å². The summed E-state index contributed by atoms with van der Waals surface area (Å²) in [6.45, 7) is 0. The van der Waals surface area contributed by atoms with Crippen LogP contribution in [-0.4, -0.2) is 16.7 Å². The number of alkyl halides is 2. The Balaban J connectivity index is 1.65. The van der Waals surface area contributed by atoms with Crippen LogP contribution in [0.2, 0.25) is 5.02 Å². The molecule has 0 atom stereocenters. The lowest BCUT2D eigenvalue weighted by molar-refractivity contribution is -0.0464. The van der Waals surface area contributed by atoms with E-state index in [-0.39, 0.29) is 24.5 Å². The number of aromatic amines is 1. The third-order valence-electron chi connectivity index (χ3n) is 4.57. The predicted molar refractivity (Wildman–Crippen MR) is 83.8 cm³/mol. The average molecular weight is 326 g/mol. The quantitative estimate of drug-likeness (QED) is 0.728. The summed E-state index contributed by atoms with van der Waals surface area (Å²) in [5.74, 6) is -2.26. The Morgan fingerprint density at radius 3 is 2.77 bits per heavy atom. The number of Topliss-reactive ketones (excluding diaryl/α,β-unsaturated/α-hetero) is 1. The predicted octanol–water partition coefficient (Wildman–Crippen LogP) is 5.61. The molecular weight excluding hydrogens is 308 g/mol. The van der Waals surface area contributed by atoms with Crippen molar-refractivity contribution in [1.29, 1.82) is 0 Å². The summed E-state index contributed by atoms with van der Waals surface area (Å²) >= 11 is 6.17. The second kappa shape index (κ2) is 5.99. The number of hydrogen-bond acceptors (Lipinski definition) is 1.